The van der Waals surface area contributed by atoms with E-state index in [2.05, 4.69) is 31.2 Å². The van der Waals surface area contributed by atoms with Gasteiger partial charge in [-0.15, -0.1) is 0 Å². The summed E-state index contributed by atoms with van der Waals surface area (Å²) in [6.07, 6.45) is 4.41. The molecule has 1 aliphatic rings. The minimum absolute atomic E-state index is 0.165. The van der Waals surface area contributed by atoms with E-state index in [1.807, 2.05) is 48.5 Å². The number of rotatable bonds is 13. The lowest BCUT2D eigenvalue weighted by Gasteiger charge is -2.29. The van der Waals surface area contributed by atoms with E-state index < -0.39 is 11.7 Å². The lowest BCUT2D eigenvalue weighted by molar-refractivity contribution is -0.137. The van der Waals surface area contributed by atoms with E-state index in [1.165, 1.54) is 5.56 Å². The molecule has 3 aromatic carbocycles. The third kappa shape index (κ3) is 6.98. The van der Waals surface area contributed by atoms with Crippen LogP contribution in [0.2, 0.25) is 0 Å². The summed E-state index contributed by atoms with van der Waals surface area (Å²) < 4.78 is 5.98. The molecule has 0 aromatic heterocycles. The molecule has 0 bridgehead atoms. The van der Waals surface area contributed by atoms with Crippen molar-refractivity contribution in [3.05, 3.63) is 89.5 Å². The molecule has 0 saturated heterocycles. The Balaban J connectivity index is 1.44. The van der Waals surface area contributed by atoms with Crippen molar-refractivity contribution in [2.45, 2.75) is 64.1 Å². The summed E-state index contributed by atoms with van der Waals surface area (Å²) in [5.41, 5.74) is 3.64. The molecule has 1 fully saturated rings. The van der Waals surface area contributed by atoms with Gasteiger partial charge in [-0.3, -0.25) is 9.59 Å². The van der Waals surface area contributed by atoms with Gasteiger partial charge in [0.15, 0.2) is 0 Å². The Kier molecular flexibility index (Phi) is 8.62. The number of nitrogens with zero attached hydrogens (tertiary/aromatic N) is 1. The molecule has 6 nitrogen and oxygen atoms in total. The first-order chi connectivity index (χ1) is 17.9. The molecule has 0 heterocycles. The molecule has 0 radical (unpaired) electrons. The number of carboxylic acids is 1. The van der Waals surface area contributed by atoms with Gasteiger partial charge in [-0.2, -0.15) is 0 Å². The van der Waals surface area contributed by atoms with E-state index in [4.69, 9.17) is 9.84 Å². The number of unbranched alkanes of at least 4 members (excludes halogenated alkanes) is 2. The van der Waals surface area contributed by atoms with Crippen molar-refractivity contribution < 1.29 is 24.5 Å². The van der Waals surface area contributed by atoms with Crippen LogP contribution in [0.25, 0.3) is 11.1 Å². The summed E-state index contributed by atoms with van der Waals surface area (Å²) in [6.45, 7) is 2.84. The van der Waals surface area contributed by atoms with Gasteiger partial charge in [0.25, 0.3) is 5.91 Å². The Bertz CT molecular complexity index is 1200. The predicted octanol–water partition coefficient (Wildman–Crippen LogP) is 6.06. The zero-order valence-electron chi connectivity index (χ0n) is 21.4. The Morgan fingerprint density at radius 1 is 0.892 bits per heavy atom. The Morgan fingerprint density at radius 3 is 2.16 bits per heavy atom. The first-order valence-electron chi connectivity index (χ1n) is 13.1. The monoisotopic (exact) mass is 501 g/mol. The first kappa shape index (κ1) is 26.4. The van der Waals surface area contributed by atoms with Crippen LogP contribution in [-0.4, -0.2) is 39.3 Å². The fraction of sp³-hybridized carbons (Fsp3) is 0.355. The van der Waals surface area contributed by atoms with Crippen molar-refractivity contribution >= 4 is 11.9 Å². The van der Waals surface area contributed by atoms with E-state index >= 15 is 0 Å². The number of carbonyl (C=O) groups is 2. The molecule has 194 valence electrons. The Morgan fingerprint density at radius 2 is 1.54 bits per heavy atom. The molecule has 4 rings (SSSR count). The van der Waals surface area contributed by atoms with Crippen molar-refractivity contribution in [3.63, 3.8) is 0 Å². The zero-order valence-corrected chi connectivity index (χ0v) is 21.4. The molecule has 3 aromatic rings. The number of para-hydroxylation sites is 1. The molecule has 6 heteroatoms. The van der Waals surface area contributed by atoms with Crippen molar-refractivity contribution in [1.29, 1.82) is 0 Å². The van der Waals surface area contributed by atoms with Crippen molar-refractivity contribution in [1.82, 2.24) is 4.90 Å². The third-order valence-corrected chi connectivity index (χ3v) is 6.87. The number of aryl methyl sites for hydroxylation is 1. The Hall–Kier alpha value is -3.64. The van der Waals surface area contributed by atoms with Gasteiger partial charge in [0.1, 0.15) is 11.5 Å². The van der Waals surface area contributed by atoms with Crippen molar-refractivity contribution in [2.24, 2.45) is 0 Å². The highest BCUT2D eigenvalue weighted by Crippen LogP contribution is 2.41. The average Bonchev–Trinajstić information content (AvgIpc) is 3.67. The Labute approximate surface area is 218 Å². The maximum atomic E-state index is 13.5. The summed E-state index contributed by atoms with van der Waals surface area (Å²) in [4.78, 5) is 25.8. The summed E-state index contributed by atoms with van der Waals surface area (Å²) in [7, 11) is 0. The van der Waals surface area contributed by atoms with Crippen LogP contribution >= 0.6 is 0 Å². The van der Waals surface area contributed by atoms with Crippen LogP contribution in [0.5, 0.6) is 5.75 Å². The maximum Gasteiger partial charge on any atom is 0.303 e. The summed E-state index contributed by atoms with van der Waals surface area (Å²) in [5, 5.41) is 19.8. The largest absolute Gasteiger partial charge is 0.493 e. The highest BCUT2D eigenvalue weighted by Gasteiger charge is 2.49. The van der Waals surface area contributed by atoms with Crippen LogP contribution in [0.1, 0.15) is 66.9 Å². The lowest BCUT2D eigenvalue weighted by Crippen LogP contribution is -2.41. The minimum Gasteiger partial charge on any atom is -0.493 e. The van der Waals surface area contributed by atoms with E-state index in [9.17, 15) is 14.7 Å². The third-order valence-electron chi connectivity index (χ3n) is 6.87. The van der Waals surface area contributed by atoms with Crippen LogP contribution in [-0.2, 0) is 17.8 Å². The molecule has 0 spiro atoms. The van der Waals surface area contributed by atoms with Gasteiger partial charge in [-0.05, 0) is 73.4 Å². The molecule has 1 aliphatic carbocycles. The quantitative estimate of drug-likeness (QED) is 0.219. The second kappa shape index (κ2) is 12.1. The molecule has 1 saturated carbocycles. The van der Waals surface area contributed by atoms with E-state index in [-0.39, 0.29) is 18.9 Å². The van der Waals surface area contributed by atoms with Crippen LogP contribution < -0.4 is 4.74 Å². The maximum absolute atomic E-state index is 13.5. The van der Waals surface area contributed by atoms with E-state index in [0.717, 1.165) is 36.0 Å². The predicted molar refractivity (Wildman–Crippen MR) is 143 cm³/mol. The van der Waals surface area contributed by atoms with Crippen LogP contribution in [0.3, 0.4) is 0 Å². The van der Waals surface area contributed by atoms with Gasteiger partial charge in [0.05, 0.1) is 13.2 Å². The van der Waals surface area contributed by atoms with Gasteiger partial charge in [-0.25, -0.2) is 0 Å². The highest BCUT2D eigenvalue weighted by molar-refractivity contribution is 5.95. The average molecular weight is 502 g/mol. The molecule has 0 atom stereocenters. The molecular weight excluding hydrogens is 466 g/mol. The zero-order chi connectivity index (χ0) is 26.3. The van der Waals surface area contributed by atoms with Crippen LogP contribution in [0.15, 0.2) is 72.8 Å². The minimum atomic E-state index is -1.14. The fourth-order valence-electron chi connectivity index (χ4n) is 4.37. The number of hydrogen-bond acceptors (Lipinski definition) is 4. The molecular formula is C31H35NO5. The van der Waals surface area contributed by atoms with Crippen molar-refractivity contribution in [3.8, 4) is 16.9 Å². The van der Waals surface area contributed by atoms with E-state index in [0.29, 0.717) is 37.2 Å². The number of carboxylic acid groups (broad SMARTS) is 1. The fourth-order valence-corrected chi connectivity index (χ4v) is 4.37. The van der Waals surface area contributed by atoms with Gasteiger partial charge >= 0.3 is 5.97 Å². The number of carbonyl (C=O) groups excluding carboxylic acids is 1. The molecule has 0 unspecified atom stereocenters. The normalized spacial score (nSPS) is 13.7. The number of ether oxygens (including phenoxy) is 1. The number of amides is 1. The number of benzene rings is 3. The topological polar surface area (TPSA) is 87.1 Å². The van der Waals surface area contributed by atoms with Crippen LogP contribution in [0, 0.1) is 0 Å². The van der Waals surface area contributed by atoms with Gasteiger partial charge < -0.3 is 19.8 Å². The van der Waals surface area contributed by atoms with Gasteiger partial charge in [0, 0.05) is 17.5 Å². The van der Waals surface area contributed by atoms with Gasteiger partial charge in [-0.1, -0.05) is 61.5 Å². The number of aliphatic carboxylic acids is 1. The second-order valence-electron chi connectivity index (χ2n) is 9.66. The lowest BCUT2D eigenvalue weighted by atomic mass is 10.0. The molecule has 0 aliphatic heterocycles. The summed E-state index contributed by atoms with van der Waals surface area (Å²) in [5.74, 6) is -0.320. The molecule has 2 N–H and O–H groups in total. The number of hydrogen-bond donors (Lipinski definition) is 2. The summed E-state index contributed by atoms with van der Waals surface area (Å²) >= 11 is 0. The summed E-state index contributed by atoms with van der Waals surface area (Å²) in [6, 6.07) is 23.5. The SMILES string of the molecule is CCc1ccc(-c2ccc(C(=O)N(Cc3ccccc3OCCCCCC(=O)O)C3(O)CC3)cc2)cc1. The molecule has 37 heavy (non-hydrogen) atoms. The number of aliphatic hydroxyl groups is 1. The van der Waals surface area contributed by atoms with Crippen LogP contribution in [0.4, 0.5) is 0 Å². The standard InChI is InChI=1S/C31H35NO5/c1-2-23-11-13-24(14-12-23)25-15-17-26(18-16-25)30(35)32(31(36)19-20-31)22-27-8-5-6-9-28(27)37-21-7-3-4-10-29(33)34/h5-6,8-9,11-18,36H,2-4,7,10,19-22H2,1H3,(H,33,34). The van der Waals surface area contributed by atoms with E-state index in [1.54, 1.807) is 4.90 Å². The first-order valence-corrected chi connectivity index (χ1v) is 13.1. The van der Waals surface area contributed by atoms with Crippen molar-refractivity contribution in [2.75, 3.05) is 6.61 Å². The van der Waals surface area contributed by atoms with Gasteiger partial charge in [0.2, 0.25) is 0 Å². The highest BCUT2D eigenvalue weighted by atomic mass is 16.5. The molecule has 1 amide bonds. The second-order valence-corrected chi connectivity index (χ2v) is 9.66. The smallest absolute Gasteiger partial charge is 0.303 e.